The maximum atomic E-state index is 11.0. The van der Waals surface area contributed by atoms with Gasteiger partial charge in [0.2, 0.25) is 0 Å². The molecule has 0 amide bonds. The number of ether oxygens (including phenoxy) is 2. The lowest BCUT2D eigenvalue weighted by Crippen LogP contribution is -2.00. The molecule has 1 aliphatic rings. The number of carbonyl (C=O) groups excluding carboxylic acids is 3. The normalized spacial score (nSPS) is 13.1. The fourth-order valence-corrected chi connectivity index (χ4v) is 1.32. The molecule has 0 spiro atoms. The zero-order valence-corrected chi connectivity index (χ0v) is 11.4. The molecule has 0 fully saturated rings. The maximum absolute atomic E-state index is 11.0. The molecule has 1 aromatic carbocycles. The van der Waals surface area contributed by atoms with Gasteiger partial charge in [-0.05, 0) is 11.6 Å². The summed E-state index contributed by atoms with van der Waals surface area (Å²) < 4.78 is 8.48. The van der Waals surface area contributed by atoms with E-state index in [9.17, 15) is 14.4 Å². The SMILES string of the molecule is C=CC(=O)OC.O=C1C=C(C=Cc2ccccc2)C(=O)O1. The Hall–Kier alpha value is -2.95. The summed E-state index contributed by atoms with van der Waals surface area (Å²) in [6.45, 7) is 3.16. The molecule has 1 aliphatic heterocycles. The second kappa shape index (κ2) is 8.27. The van der Waals surface area contributed by atoms with E-state index >= 15 is 0 Å². The second-order valence-electron chi connectivity index (χ2n) is 3.78. The number of esters is 3. The van der Waals surface area contributed by atoms with Gasteiger partial charge in [-0.15, -0.1) is 0 Å². The molecule has 5 heteroatoms. The first-order valence-corrected chi connectivity index (χ1v) is 5.98. The predicted octanol–water partition coefficient (Wildman–Crippen LogP) is 2.05. The summed E-state index contributed by atoms with van der Waals surface area (Å²) in [7, 11) is 1.31. The van der Waals surface area contributed by atoms with Crippen LogP contribution in [-0.4, -0.2) is 25.0 Å². The molecule has 1 aromatic rings. The van der Waals surface area contributed by atoms with Crippen LogP contribution in [-0.2, 0) is 23.9 Å². The van der Waals surface area contributed by atoms with Crippen LogP contribution < -0.4 is 0 Å². The van der Waals surface area contributed by atoms with E-state index in [-0.39, 0.29) is 5.57 Å². The molecule has 1 heterocycles. The Bertz CT molecular complexity index is 596. The summed E-state index contributed by atoms with van der Waals surface area (Å²) in [5.74, 6) is -1.59. The second-order valence-corrected chi connectivity index (χ2v) is 3.78. The van der Waals surface area contributed by atoms with Crippen molar-refractivity contribution in [3.8, 4) is 0 Å². The van der Waals surface area contributed by atoms with Crippen molar-refractivity contribution in [2.75, 3.05) is 7.11 Å². The highest BCUT2D eigenvalue weighted by Gasteiger charge is 2.20. The van der Waals surface area contributed by atoms with Gasteiger partial charge in [-0.25, -0.2) is 14.4 Å². The summed E-state index contributed by atoms with van der Waals surface area (Å²) in [5.41, 5.74) is 1.24. The molecule has 108 valence electrons. The highest BCUT2D eigenvalue weighted by atomic mass is 16.6. The molecule has 0 bridgehead atoms. The monoisotopic (exact) mass is 286 g/mol. The predicted molar refractivity (Wildman–Crippen MR) is 76.9 cm³/mol. The maximum Gasteiger partial charge on any atom is 0.346 e. The summed E-state index contributed by atoms with van der Waals surface area (Å²) in [4.78, 5) is 31.6. The zero-order chi connectivity index (χ0) is 15.7. The quantitative estimate of drug-likeness (QED) is 0.483. The van der Waals surface area contributed by atoms with Gasteiger partial charge in [0.1, 0.15) is 0 Å². The molecular formula is C16H14O5. The first-order valence-electron chi connectivity index (χ1n) is 5.98. The van der Waals surface area contributed by atoms with Gasteiger partial charge in [0, 0.05) is 12.2 Å². The van der Waals surface area contributed by atoms with Crippen LogP contribution in [0.3, 0.4) is 0 Å². The van der Waals surface area contributed by atoms with Crippen molar-refractivity contribution in [3.63, 3.8) is 0 Å². The third-order valence-corrected chi connectivity index (χ3v) is 2.33. The average Bonchev–Trinajstić information content (AvgIpc) is 2.84. The number of hydrogen-bond donors (Lipinski definition) is 0. The van der Waals surface area contributed by atoms with E-state index < -0.39 is 17.9 Å². The number of benzene rings is 1. The van der Waals surface area contributed by atoms with Crippen molar-refractivity contribution in [1.29, 1.82) is 0 Å². The Kier molecular flexibility index (Phi) is 6.34. The lowest BCUT2D eigenvalue weighted by Gasteiger charge is -1.91. The topological polar surface area (TPSA) is 69.7 Å². The van der Waals surface area contributed by atoms with Crippen molar-refractivity contribution in [1.82, 2.24) is 0 Å². The van der Waals surface area contributed by atoms with Crippen molar-refractivity contribution >= 4 is 24.0 Å². The molecule has 21 heavy (non-hydrogen) atoms. The van der Waals surface area contributed by atoms with Crippen molar-refractivity contribution in [2.45, 2.75) is 0 Å². The van der Waals surface area contributed by atoms with E-state index in [1.54, 1.807) is 12.2 Å². The minimum atomic E-state index is -0.604. The molecule has 0 aromatic heterocycles. The van der Waals surface area contributed by atoms with Gasteiger partial charge in [-0.3, -0.25) is 0 Å². The van der Waals surface area contributed by atoms with Crippen LogP contribution in [0.4, 0.5) is 0 Å². The summed E-state index contributed by atoms with van der Waals surface area (Å²) in [5, 5.41) is 0. The third kappa shape index (κ3) is 5.69. The van der Waals surface area contributed by atoms with E-state index in [4.69, 9.17) is 0 Å². The Labute approximate surface area is 122 Å². The van der Waals surface area contributed by atoms with Gasteiger partial charge in [0.05, 0.1) is 12.7 Å². The fourth-order valence-electron chi connectivity index (χ4n) is 1.32. The standard InChI is InChI=1S/C12H8O3.C4H6O2/c13-11-8-10(12(14)15-11)7-6-9-4-2-1-3-5-9;1-3-4(5)6-2/h1-8H;3H,1H2,2H3. The largest absolute Gasteiger partial charge is 0.466 e. The van der Waals surface area contributed by atoms with Gasteiger partial charge in [0.15, 0.2) is 0 Å². The van der Waals surface area contributed by atoms with E-state index in [2.05, 4.69) is 16.1 Å². The third-order valence-electron chi connectivity index (χ3n) is 2.33. The molecule has 0 N–H and O–H groups in total. The molecule has 0 saturated heterocycles. The van der Waals surface area contributed by atoms with E-state index in [0.29, 0.717) is 0 Å². The zero-order valence-electron chi connectivity index (χ0n) is 11.4. The minimum absolute atomic E-state index is 0.281. The number of cyclic esters (lactones) is 2. The van der Waals surface area contributed by atoms with Crippen molar-refractivity contribution in [2.24, 2.45) is 0 Å². The number of methoxy groups -OCH3 is 1. The minimum Gasteiger partial charge on any atom is -0.466 e. The van der Waals surface area contributed by atoms with Crippen LogP contribution in [0.1, 0.15) is 5.56 Å². The lowest BCUT2D eigenvalue weighted by atomic mass is 10.1. The first-order chi connectivity index (χ1) is 10.1. The van der Waals surface area contributed by atoms with Crippen LogP contribution >= 0.6 is 0 Å². The summed E-state index contributed by atoms with van der Waals surface area (Å²) in [6, 6.07) is 9.50. The molecule has 0 aliphatic carbocycles. The van der Waals surface area contributed by atoms with Crippen LogP contribution in [0.25, 0.3) is 6.08 Å². The van der Waals surface area contributed by atoms with Crippen LogP contribution in [0.2, 0.25) is 0 Å². The molecular weight excluding hydrogens is 272 g/mol. The Balaban J connectivity index is 0.000000315. The Morgan fingerprint density at radius 3 is 2.29 bits per heavy atom. The summed E-state index contributed by atoms with van der Waals surface area (Å²) >= 11 is 0. The molecule has 5 nitrogen and oxygen atoms in total. The number of rotatable bonds is 3. The van der Waals surface area contributed by atoms with Gasteiger partial charge < -0.3 is 9.47 Å². The van der Waals surface area contributed by atoms with Crippen LogP contribution in [0.5, 0.6) is 0 Å². The first kappa shape index (κ1) is 16.1. The van der Waals surface area contributed by atoms with E-state index in [0.717, 1.165) is 11.6 Å². The fraction of sp³-hybridized carbons (Fsp3) is 0.0625. The van der Waals surface area contributed by atoms with Gasteiger partial charge >= 0.3 is 17.9 Å². The highest BCUT2D eigenvalue weighted by molar-refractivity contribution is 6.11. The number of hydrogen-bond acceptors (Lipinski definition) is 5. The summed E-state index contributed by atoms with van der Waals surface area (Å²) in [6.07, 6.45) is 5.62. The van der Waals surface area contributed by atoms with E-state index in [1.165, 1.54) is 13.2 Å². The van der Waals surface area contributed by atoms with Crippen LogP contribution in [0.15, 0.2) is 60.7 Å². The average molecular weight is 286 g/mol. The van der Waals surface area contributed by atoms with E-state index in [1.807, 2.05) is 30.3 Å². The van der Waals surface area contributed by atoms with Gasteiger partial charge in [0.25, 0.3) is 0 Å². The molecule has 0 unspecified atom stereocenters. The van der Waals surface area contributed by atoms with Gasteiger partial charge in [-0.1, -0.05) is 43.0 Å². The molecule has 0 atom stereocenters. The molecule has 0 saturated carbocycles. The van der Waals surface area contributed by atoms with Gasteiger partial charge in [-0.2, -0.15) is 0 Å². The van der Waals surface area contributed by atoms with Crippen molar-refractivity contribution < 1.29 is 23.9 Å². The number of carbonyl (C=O) groups is 3. The molecule has 2 rings (SSSR count). The molecule has 0 radical (unpaired) electrons. The van der Waals surface area contributed by atoms with Crippen LogP contribution in [0, 0.1) is 0 Å². The smallest absolute Gasteiger partial charge is 0.346 e. The lowest BCUT2D eigenvalue weighted by molar-refractivity contribution is -0.150. The Morgan fingerprint density at radius 2 is 1.86 bits per heavy atom. The highest BCUT2D eigenvalue weighted by Crippen LogP contribution is 2.11. The van der Waals surface area contributed by atoms with Crippen molar-refractivity contribution in [3.05, 3.63) is 66.3 Å². The Morgan fingerprint density at radius 1 is 1.19 bits per heavy atom.